The Bertz CT molecular complexity index is 490. The molecule has 0 atom stereocenters. The molecule has 0 amide bonds. The molecule has 1 fully saturated rings. The molecule has 6 nitrogen and oxygen atoms in total. The van der Waals surface area contributed by atoms with Gasteiger partial charge in [0.2, 0.25) is 0 Å². The molecule has 0 unspecified atom stereocenters. The molecule has 1 aromatic heterocycles. The van der Waals surface area contributed by atoms with Crippen molar-refractivity contribution in [1.82, 2.24) is 19.4 Å². The number of nitrogens with one attached hydrogen (secondary N) is 1. The van der Waals surface area contributed by atoms with Gasteiger partial charge in [-0.2, -0.15) is 9.40 Å². The summed E-state index contributed by atoms with van der Waals surface area (Å²) in [7, 11) is -1.78. The highest BCUT2D eigenvalue weighted by Gasteiger charge is 2.31. The minimum absolute atomic E-state index is 0.0725. The van der Waals surface area contributed by atoms with Crippen LogP contribution in [-0.4, -0.2) is 60.0 Å². The molecule has 2 rings (SSSR count). The van der Waals surface area contributed by atoms with E-state index in [9.17, 15) is 8.42 Å². The predicted molar refractivity (Wildman–Crippen MR) is 73.3 cm³/mol. The lowest BCUT2D eigenvalue weighted by Crippen LogP contribution is -2.47. The van der Waals surface area contributed by atoms with E-state index in [4.69, 9.17) is 0 Å². The van der Waals surface area contributed by atoms with Gasteiger partial charge < -0.3 is 4.90 Å². The molecular formula is C12H22N4O2S. The second-order valence-corrected chi connectivity index (χ2v) is 7.27. The molecule has 1 aliphatic heterocycles. The number of aromatic amines is 1. The SMILES string of the molecule is CC(C)N1CCC(N(C)S(=O)(=O)c2ccn[nH]2)CC1. The number of likely N-dealkylation sites (tertiary alicyclic amines) is 1. The molecule has 1 N–H and O–H groups in total. The average molecular weight is 286 g/mol. The minimum Gasteiger partial charge on any atom is -0.301 e. The standard InChI is InChI=1S/C12H22N4O2S/c1-10(2)16-8-5-11(6-9-16)15(3)19(17,18)12-4-7-13-14-12/h4,7,10-11H,5-6,8-9H2,1-3H3,(H,13,14). The zero-order valence-electron chi connectivity index (χ0n) is 11.7. The van der Waals surface area contributed by atoms with E-state index in [0.717, 1.165) is 25.9 Å². The van der Waals surface area contributed by atoms with Crippen LogP contribution in [-0.2, 0) is 10.0 Å². The van der Waals surface area contributed by atoms with E-state index in [1.807, 2.05) is 0 Å². The summed E-state index contributed by atoms with van der Waals surface area (Å²) in [5.74, 6) is 0. The monoisotopic (exact) mass is 286 g/mol. The van der Waals surface area contributed by atoms with Crippen LogP contribution in [0.1, 0.15) is 26.7 Å². The van der Waals surface area contributed by atoms with Gasteiger partial charge in [0.25, 0.3) is 10.0 Å². The lowest BCUT2D eigenvalue weighted by atomic mass is 10.0. The van der Waals surface area contributed by atoms with E-state index < -0.39 is 10.0 Å². The van der Waals surface area contributed by atoms with E-state index in [2.05, 4.69) is 28.9 Å². The molecule has 0 aromatic carbocycles. The van der Waals surface area contributed by atoms with Gasteiger partial charge in [-0.15, -0.1) is 0 Å². The van der Waals surface area contributed by atoms with Gasteiger partial charge >= 0.3 is 0 Å². The van der Waals surface area contributed by atoms with E-state index in [0.29, 0.717) is 6.04 Å². The molecule has 1 aromatic rings. The van der Waals surface area contributed by atoms with Crippen LogP contribution in [0.4, 0.5) is 0 Å². The van der Waals surface area contributed by atoms with Crippen molar-refractivity contribution in [3.8, 4) is 0 Å². The van der Waals surface area contributed by atoms with E-state index >= 15 is 0 Å². The van der Waals surface area contributed by atoms with Crippen molar-refractivity contribution >= 4 is 10.0 Å². The number of sulfonamides is 1. The largest absolute Gasteiger partial charge is 0.301 e. The van der Waals surface area contributed by atoms with E-state index in [-0.39, 0.29) is 11.1 Å². The van der Waals surface area contributed by atoms with Crippen molar-refractivity contribution in [2.45, 2.75) is 43.8 Å². The molecule has 0 bridgehead atoms. The summed E-state index contributed by atoms with van der Waals surface area (Å²) >= 11 is 0. The maximum Gasteiger partial charge on any atom is 0.259 e. The summed E-state index contributed by atoms with van der Waals surface area (Å²) in [5, 5.41) is 6.41. The highest BCUT2D eigenvalue weighted by Crippen LogP contribution is 2.22. The Balaban J connectivity index is 2.04. The van der Waals surface area contributed by atoms with Gasteiger partial charge in [0.15, 0.2) is 5.03 Å². The molecular weight excluding hydrogens is 264 g/mol. The number of piperidine rings is 1. The van der Waals surface area contributed by atoms with Crippen LogP contribution in [0.25, 0.3) is 0 Å². The third kappa shape index (κ3) is 2.98. The number of nitrogens with zero attached hydrogens (tertiary/aromatic N) is 3. The van der Waals surface area contributed by atoms with Crippen LogP contribution in [0.5, 0.6) is 0 Å². The van der Waals surface area contributed by atoms with Crippen LogP contribution in [0.2, 0.25) is 0 Å². The average Bonchev–Trinajstić information content (AvgIpc) is 2.92. The summed E-state index contributed by atoms with van der Waals surface area (Å²) in [5.41, 5.74) is 0. The van der Waals surface area contributed by atoms with Crippen LogP contribution in [0, 0.1) is 0 Å². The van der Waals surface area contributed by atoms with Crippen molar-refractivity contribution in [1.29, 1.82) is 0 Å². The number of H-pyrrole nitrogens is 1. The molecule has 0 aliphatic carbocycles. The zero-order valence-corrected chi connectivity index (χ0v) is 12.5. The fraction of sp³-hybridized carbons (Fsp3) is 0.750. The second kappa shape index (κ2) is 5.60. The highest BCUT2D eigenvalue weighted by atomic mass is 32.2. The lowest BCUT2D eigenvalue weighted by molar-refractivity contribution is 0.140. The molecule has 108 valence electrons. The van der Waals surface area contributed by atoms with Crippen molar-refractivity contribution in [2.24, 2.45) is 0 Å². The number of rotatable bonds is 4. The van der Waals surface area contributed by atoms with Crippen LogP contribution in [0.15, 0.2) is 17.3 Å². The quantitative estimate of drug-likeness (QED) is 0.893. The van der Waals surface area contributed by atoms with E-state index in [1.165, 1.54) is 16.6 Å². The third-order valence-corrected chi connectivity index (χ3v) is 5.72. The van der Waals surface area contributed by atoms with Crippen molar-refractivity contribution in [3.05, 3.63) is 12.3 Å². The molecule has 1 aliphatic rings. The Labute approximate surface area is 114 Å². The predicted octanol–water partition coefficient (Wildman–Crippen LogP) is 0.903. The minimum atomic E-state index is -3.44. The molecule has 19 heavy (non-hydrogen) atoms. The van der Waals surface area contributed by atoms with Crippen LogP contribution < -0.4 is 0 Å². The Morgan fingerprint density at radius 2 is 2.05 bits per heavy atom. The van der Waals surface area contributed by atoms with Gasteiger partial charge in [0.05, 0.1) is 6.20 Å². The molecule has 7 heteroatoms. The molecule has 0 saturated carbocycles. The van der Waals surface area contributed by atoms with Gasteiger partial charge in [0.1, 0.15) is 0 Å². The molecule has 0 radical (unpaired) electrons. The Hall–Kier alpha value is -0.920. The fourth-order valence-corrected chi connectivity index (χ4v) is 3.82. The smallest absolute Gasteiger partial charge is 0.259 e. The summed E-state index contributed by atoms with van der Waals surface area (Å²) < 4.78 is 26.2. The Kier molecular flexibility index (Phi) is 4.27. The number of hydrogen-bond acceptors (Lipinski definition) is 4. The first-order valence-corrected chi connectivity index (χ1v) is 8.08. The second-order valence-electron chi connectivity index (χ2n) is 5.30. The third-order valence-electron chi connectivity index (χ3n) is 3.88. The molecule has 2 heterocycles. The normalized spacial score (nSPS) is 19.4. The summed E-state index contributed by atoms with van der Waals surface area (Å²) in [4.78, 5) is 2.38. The molecule has 0 spiro atoms. The lowest BCUT2D eigenvalue weighted by Gasteiger charge is -2.37. The first kappa shape index (κ1) is 14.5. The summed E-state index contributed by atoms with van der Waals surface area (Å²) in [6.07, 6.45) is 3.21. The summed E-state index contributed by atoms with van der Waals surface area (Å²) in [6.45, 7) is 6.24. The van der Waals surface area contributed by atoms with Gasteiger partial charge in [-0.3, -0.25) is 5.10 Å². The maximum absolute atomic E-state index is 12.3. The topological polar surface area (TPSA) is 69.3 Å². The fourth-order valence-electron chi connectivity index (χ4n) is 2.50. The van der Waals surface area contributed by atoms with Gasteiger partial charge in [0, 0.05) is 19.1 Å². The van der Waals surface area contributed by atoms with Gasteiger partial charge in [-0.05, 0) is 45.8 Å². The first-order chi connectivity index (χ1) is 8.93. The highest BCUT2D eigenvalue weighted by molar-refractivity contribution is 7.89. The summed E-state index contributed by atoms with van der Waals surface area (Å²) in [6, 6.07) is 2.09. The number of aromatic nitrogens is 2. The van der Waals surface area contributed by atoms with Crippen LogP contribution in [0.3, 0.4) is 0 Å². The zero-order chi connectivity index (χ0) is 14.0. The van der Waals surface area contributed by atoms with Gasteiger partial charge in [-0.25, -0.2) is 8.42 Å². The van der Waals surface area contributed by atoms with E-state index in [1.54, 1.807) is 7.05 Å². The van der Waals surface area contributed by atoms with Gasteiger partial charge in [-0.1, -0.05) is 0 Å². The number of hydrogen-bond donors (Lipinski definition) is 1. The maximum atomic E-state index is 12.3. The first-order valence-electron chi connectivity index (χ1n) is 6.64. The van der Waals surface area contributed by atoms with Crippen molar-refractivity contribution in [2.75, 3.05) is 20.1 Å². The van der Waals surface area contributed by atoms with Crippen molar-refractivity contribution < 1.29 is 8.42 Å². The Morgan fingerprint density at radius 3 is 2.53 bits per heavy atom. The molecule has 1 saturated heterocycles. The van der Waals surface area contributed by atoms with Crippen LogP contribution >= 0.6 is 0 Å². The Morgan fingerprint density at radius 1 is 1.42 bits per heavy atom. The van der Waals surface area contributed by atoms with Crippen molar-refractivity contribution in [3.63, 3.8) is 0 Å².